The molecule has 25 heavy (non-hydrogen) atoms. The fourth-order valence-electron chi connectivity index (χ4n) is 2.57. The number of hydrogen-bond acceptors (Lipinski definition) is 3. The van der Waals surface area contributed by atoms with E-state index in [2.05, 4.69) is 16.5 Å². The Hall–Kier alpha value is -2.07. The number of carbonyl (C=O) groups excluding carboxylic acids is 1. The maximum absolute atomic E-state index is 11.5. The summed E-state index contributed by atoms with van der Waals surface area (Å²) >= 11 is 6.32. The second-order valence-electron chi connectivity index (χ2n) is 5.79. The topological polar surface area (TPSA) is 44.1 Å². The highest BCUT2D eigenvalue weighted by molar-refractivity contribution is 6.31. The SMILES string of the molecule is CCCCc1ncc(/C=C/CC(=O)OCC)n1Cc1ccccc1Cl. The molecule has 1 aromatic heterocycles. The first-order valence-corrected chi connectivity index (χ1v) is 9.13. The number of imidazole rings is 1. The molecule has 1 heterocycles. The van der Waals surface area contributed by atoms with Gasteiger partial charge in [0.1, 0.15) is 5.82 Å². The van der Waals surface area contributed by atoms with Crippen LogP contribution >= 0.6 is 11.6 Å². The van der Waals surface area contributed by atoms with Crippen LogP contribution in [0.3, 0.4) is 0 Å². The lowest BCUT2D eigenvalue weighted by atomic mass is 10.2. The molecule has 0 aliphatic rings. The summed E-state index contributed by atoms with van der Waals surface area (Å²) < 4.78 is 7.11. The molecule has 134 valence electrons. The van der Waals surface area contributed by atoms with Gasteiger partial charge in [-0.2, -0.15) is 0 Å². The van der Waals surface area contributed by atoms with Gasteiger partial charge in [0.2, 0.25) is 0 Å². The van der Waals surface area contributed by atoms with E-state index >= 15 is 0 Å². The molecular formula is C20H25ClN2O2. The molecule has 0 saturated carbocycles. The zero-order valence-corrected chi connectivity index (χ0v) is 15.6. The van der Waals surface area contributed by atoms with Crippen LogP contribution in [0.5, 0.6) is 0 Å². The van der Waals surface area contributed by atoms with Crippen molar-refractivity contribution < 1.29 is 9.53 Å². The Bertz CT molecular complexity index is 722. The fraction of sp³-hybridized carbons (Fsp3) is 0.400. The minimum atomic E-state index is -0.220. The number of benzene rings is 1. The molecule has 1 aromatic carbocycles. The van der Waals surface area contributed by atoms with E-state index < -0.39 is 0 Å². The number of esters is 1. The summed E-state index contributed by atoms with van der Waals surface area (Å²) in [5, 5.41) is 0.749. The number of aryl methyl sites for hydroxylation is 1. The Balaban J connectivity index is 2.21. The normalized spacial score (nSPS) is 11.2. The molecule has 0 unspecified atom stereocenters. The van der Waals surface area contributed by atoms with E-state index in [-0.39, 0.29) is 12.4 Å². The van der Waals surface area contributed by atoms with Gasteiger partial charge in [0, 0.05) is 11.4 Å². The Morgan fingerprint density at radius 3 is 2.84 bits per heavy atom. The Morgan fingerprint density at radius 1 is 1.32 bits per heavy atom. The van der Waals surface area contributed by atoms with Crippen molar-refractivity contribution in [1.82, 2.24) is 9.55 Å². The molecule has 0 spiro atoms. The number of unbranched alkanes of at least 4 members (excludes halogenated alkanes) is 1. The lowest BCUT2D eigenvalue weighted by Gasteiger charge is -2.11. The van der Waals surface area contributed by atoms with Gasteiger partial charge in [0.05, 0.1) is 31.5 Å². The summed E-state index contributed by atoms with van der Waals surface area (Å²) in [5.74, 6) is 0.819. The number of halogens is 1. The van der Waals surface area contributed by atoms with Gasteiger partial charge < -0.3 is 9.30 Å². The number of ether oxygens (including phenoxy) is 1. The minimum absolute atomic E-state index is 0.220. The highest BCUT2D eigenvalue weighted by Gasteiger charge is 2.10. The molecule has 0 aliphatic heterocycles. The van der Waals surface area contributed by atoms with Crippen molar-refractivity contribution in [3.8, 4) is 0 Å². The fourth-order valence-corrected chi connectivity index (χ4v) is 2.77. The van der Waals surface area contributed by atoms with Crippen LogP contribution in [0.25, 0.3) is 6.08 Å². The van der Waals surface area contributed by atoms with Gasteiger partial charge in [-0.15, -0.1) is 0 Å². The van der Waals surface area contributed by atoms with Crippen molar-refractivity contribution in [2.75, 3.05) is 6.61 Å². The third-order valence-electron chi connectivity index (χ3n) is 3.89. The summed E-state index contributed by atoms with van der Waals surface area (Å²) in [6.45, 7) is 5.04. The van der Waals surface area contributed by atoms with Gasteiger partial charge in [-0.25, -0.2) is 4.98 Å². The van der Waals surface area contributed by atoms with E-state index in [1.165, 1.54) is 0 Å². The van der Waals surface area contributed by atoms with E-state index in [1.54, 1.807) is 6.92 Å². The largest absolute Gasteiger partial charge is 0.466 e. The zero-order chi connectivity index (χ0) is 18.1. The van der Waals surface area contributed by atoms with Crippen molar-refractivity contribution >= 4 is 23.6 Å². The second-order valence-corrected chi connectivity index (χ2v) is 6.20. The Morgan fingerprint density at radius 2 is 2.12 bits per heavy atom. The van der Waals surface area contributed by atoms with E-state index in [4.69, 9.17) is 16.3 Å². The van der Waals surface area contributed by atoms with Gasteiger partial charge >= 0.3 is 5.97 Å². The van der Waals surface area contributed by atoms with Crippen LogP contribution in [-0.4, -0.2) is 22.1 Å². The molecule has 0 saturated heterocycles. The molecule has 0 bridgehead atoms. The van der Waals surface area contributed by atoms with Gasteiger partial charge in [0.25, 0.3) is 0 Å². The van der Waals surface area contributed by atoms with Crippen LogP contribution in [0.4, 0.5) is 0 Å². The average Bonchev–Trinajstić information content (AvgIpc) is 2.97. The summed E-state index contributed by atoms with van der Waals surface area (Å²) in [7, 11) is 0. The first-order valence-electron chi connectivity index (χ1n) is 8.75. The summed E-state index contributed by atoms with van der Waals surface area (Å²) in [5.41, 5.74) is 2.02. The van der Waals surface area contributed by atoms with E-state index in [9.17, 15) is 4.79 Å². The predicted octanol–water partition coefficient (Wildman–Crippen LogP) is 4.89. The van der Waals surface area contributed by atoms with E-state index in [0.29, 0.717) is 13.2 Å². The summed E-state index contributed by atoms with van der Waals surface area (Å²) in [4.78, 5) is 16.1. The van der Waals surface area contributed by atoms with Crippen LogP contribution in [0.15, 0.2) is 36.5 Å². The number of aromatic nitrogens is 2. The third kappa shape index (κ3) is 5.75. The standard InChI is InChI=1S/C20H25ClN2O2/c1-3-5-12-19-22-14-17(10-8-13-20(24)25-4-2)23(19)15-16-9-6-7-11-18(16)21/h6-11,14H,3-5,12-13,15H2,1-2H3/b10-8+. The zero-order valence-electron chi connectivity index (χ0n) is 14.9. The third-order valence-corrected chi connectivity index (χ3v) is 4.26. The number of carbonyl (C=O) groups is 1. The highest BCUT2D eigenvalue weighted by atomic mass is 35.5. The smallest absolute Gasteiger partial charge is 0.309 e. The molecule has 2 rings (SSSR count). The lowest BCUT2D eigenvalue weighted by molar-refractivity contribution is -0.142. The Kier molecular flexibility index (Phi) is 7.74. The molecule has 0 amide bonds. The predicted molar refractivity (Wildman–Crippen MR) is 102 cm³/mol. The maximum Gasteiger partial charge on any atom is 0.309 e. The van der Waals surface area contributed by atoms with E-state index in [0.717, 1.165) is 41.4 Å². The molecule has 5 heteroatoms. The van der Waals surface area contributed by atoms with Crippen molar-refractivity contribution in [3.63, 3.8) is 0 Å². The highest BCUT2D eigenvalue weighted by Crippen LogP contribution is 2.20. The molecular weight excluding hydrogens is 336 g/mol. The lowest BCUT2D eigenvalue weighted by Crippen LogP contribution is -2.08. The number of hydrogen-bond donors (Lipinski definition) is 0. The van der Waals surface area contributed by atoms with Gasteiger partial charge in [-0.1, -0.05) is 49.2 Å². The van der Waals surface area contributed by atoms with Gasteiger partial charge in [-0.05, 0) is 31.1 Å². The average molecular weight is 361 g/mol. The number of rotatable bonds is 9. The van der Waals surface area contributed by atoms with Crippen molar-refractivity contribution in [2.24, 2.45) is 0 Å². The van der Waals surface area contributed by atoms with Gasteiger partial charge in [0.15, 0.2) is 0 Å². The first kappa shape index (κ1) is 19.3. The molecule has 0 atom stereocenters. The molecule has 2 aromatic rings. The maximum atomic E-state index is 11.5. The molecule has 0 radical (unpaired) electrons. The van der Waals surface area contributed by atoms with Gasteiger partial charge in [-0.3, -0.25) is 4.79 Å². The molecule has 0 fully saturated rings. The van der Waals surface area contributed by atoms with Crippen LogP contribution in [-0.2, 0) is 22.5 Å². The summed E-state index contributed by atoms with van der Waals surface area (Å²) in [6, 6.07) is 7.84. The van der Waals surface area contributed by atoms with Crippen molar-refractivity contribution in [3.05, 3.63) is 58.6 Å². The quantitative estimate of drug-likeness (QED) is 0.598. The van der Waals surface area contributed by atoms with Crippen LogP contribution in [0.2, 0.25) is 5.02 Å². The van der Waals surface area contributed by atoms with Crippen molar-refractivity contribution in [1.29, 1.82) is 0 Å². The number of nitrogens with zero attached hydrogens (tertiary/aromatic N) is 2. The Labute approximate surface area is 154 Å². The van der Waals surface area contributed by atoms with Crippen molar-refractivity contribution in [2.45, 2.75) is 46.1 Å². The summed E-state index contributed by atoms with van der Waals surface area (Å²) in [6.07, 6.45) is 8.99. The van der Waals surface area contributed by atoms with Crippen LogP contribution in [0, 0.1) is 0 Å². The van der Waals surface area contributed by atoms with Crippen LogP contribution in [0.1, 0.15) is 50.2 Å². The monoisotopic (exact) mass is 360 g/mol. The van der Waals surface area contributed by atoms with Crippen LogP contribution < -0.4 is 0 Å². The molecule has 4 nitrogen and oxygen atoms in total. The second kappa shape index (κ2) is 10.0. The van der Waals surface area contributed by atoms with E-state index in [1.807, 2.05) is 42.6 Å². The molecule has 0 aliphatic carbocycles. The minimum Gasteiger partial charge on any atom is -0.466 e. The first-order chi connectivity index (χ1) is 12.2. The molecule has 0 N–H and O–H groups in total.